The highest BCUT2D eigenvalue weighted by atomic mass is 32.1. The predicted octanol–water partition coefficient (Wildman–Crippen LogP) is 6.46. The second kappa shape index (κ2) is 10.5. The maximum atomic E-state index is 13.9. The van der Waals surface area contributed by atoms with Crippen molar-refractivity contribution in [1.29, 1.82) is 0 Å². The van der Waals surface area contributed by atoms with Gasteiger partial charge in [0.2, 0.25) is 5.82 Å². The van der Waals surface area contributed by atoms with Crippen LogP contribution in [-0.2, 0) is 16.1 Å². The van der Waals surface area contributed by atoms with Gasteiger partial charge in [-0.3, -0.25) is 0 Å². The molecule has 5 aromatic rings. The van der Waals surface area contributed by atoms with Crippen LogP contribution in [0.1, 0.15) is 30.3 Å². The average Bonchev–Trinajstić information content (AvgIpc) is 3.64. The molecule has 0 spiro atoms. The highest BCUT2D eigenvalue weighted by molar-refractivity contribution is 7.17. The van der Waals surface area contributed by atoms with E-state index in [4.69, 9.17) is 14.2 Å². The number of piperidine rings is 3. The number of ether oxygens (including phenoxy) is 1. The van der Waals surface area contributed by atoms with Crippen molar-refractivity contribution in [3.8, 4) is 11.5 Å². The van der Waals surface area contributed by atoms with E-state index in [9.17, 15) is 4.79 Å². The third kappa shape index (κ3) is 4.89. The van der Waals surface area contributed by atoms with Crippen LogP contribution in [0.15, 0.2) is 94.8 Å². The summed E-state index contributed by atoms with van der Waals surface area (Å²) in [6, 6.07) is 27.4. The zero-order valence-electron chi connectivity index (χ0n) is 22.1. The summed E-state index contributed by atoms with van der Waals surface area (Å²) >= 11 is 1.66. The molecule has 2 atom stereocenters. The largest absolute Gasteiger partial charge is 0.454 e. The van der Waals surface area contributed by atoms with Crippen molar-refractivity contribution in [3.63, 3.8) is 0 Å². The van der Waals surface area contributed by atoms with Gasteiger partial charge in [0.05, 0.1) is 13.1 Å². The van der Waals surface area contributed by atoms with Crippen LogP contribution >= 0.6 is 11.3 Å². The summed E-state index contributed by atoms with van der Waals surface area (Å²) in [5, 5.41) is 10.9. The molecule has 3 fully saturated rings. The van der Waals surface area contributed by atoms with Crippen molar-refractivity contribution >= 4 is 33.1 Å². The molecule has 40 heavy (non-hydrogen) atoms. The van der Waals surface area contributed by atoms with Gasteiger partial charge in [-0.05, 0) is 41.1 Å². The molecule has 3 saturated heterocycles. The number of quaternary nitrogens is 1. The molecule has 0 amide bonds. The molecule has 0 aliphatic carbocycles. The van der Waals surface area contributed by atoms with E-state index in [-0.39, 0.29) is 12.1 Å². The second-order valence-corrected chi connectivity index (χ2v) is 11.9. The van der Waals surface area contributed by atoms with Crippen molar-refractivity contribution < 1.29 is 18.5 Å². The third-order valence-electron chi connectivity index (χ3n) is 8.42. The summed E-state index contributed by atoms with van der Waals surface area (Å²) in [6.07, 6.45) is 1.92. The summed E-state index contributed by atoms with van der Waals surface area (Å²) in [7, 11) is 0. The molecule has 202 valence electrons. The van der Waals surface area contributed by atoms with Crippen LogP contribution in [0.4, 0.5) is 5.69 Å². The van der Waals surface area contributed by atoms with Crippen molar-refractivity contribution in [2.24, 2.45) is 5.92 Å². The quantitative estimate of drug-likeness (QED) is 0.176. The van der Waals surface area contributed by atoms with Crippen LogP contribution < -0.4 is 5.32 Å². The minimum Gasteiger partial charge on any atom is -0.454 e. The zero-order valence-corrected chi connectivity index (χ0v) is 22.9. The molecule has 0 saturated carbocycles. The van der Waals surface area contributed by atoms with Crippen LogP contribution in [0.3, 0.4) is 0 Å². The number of nitrogens with zero attached hydrogens (tertiary/aromatic N) is 3. The van der Waals surface area contributed by atoms with E-state index in [1.54, 1.807) is 11.3 Å². The average molecular weight is 552 g/mol. The summed E-state index contributed by atoms with van der Waals surface area (Å²) < 4.78 is 14.0. The van der Waals surface area contributed by atoms with Crippen molar-refractivity contribution in [2.75, 3.05) is 25.0 Å². The van der Waals surface area contributed by atoms with Gasteiger partial charge >= 0.3 is 5.97 Å². The zero-order chi connectivity index (χ0) is 26.9. The van der Waals surface area contributed by atoms with Crippen molar-refractivity contribution in [1.82, 2.24) is 10.1 Å². The summed E-state index contributed by atoms with van der Waals surface area (Å²) in [6.45, 7) is 3.52. The van der Waals surface area contributed by atoms with E-state index >= 15 is 0 Å². The lowest BCUT2D eigenvalue weighted by atomic mass is 9.83. The minimum atomic E-state index is -0.590. The highest BCUT2D eigenvalue weighted by Gasteiger charge is 2.49. The first-order chi connectivity index (χ1) is 19.7. The molecule has 3 aromatic carbocycles. The Morgan fingerprint density at radius 2 is 1.73 bits per heavy atom. The Morgan fingerprint density at radius 3 is 2.52 bits per heavy atom. The highest BCUT2D eigenvalue weighted by Crippen LogP contribution is 2.39. The topological polar surface area (TPSA) is 77.2 Å². The van der Waals surface area contributed by atoms with Gasteiger partial charge in [0, 0.05) is 40.3 Å². The van der Waals surface area contributed by atoms with Gasteiger partial charge in [0.1, 0.15) is 13.1 Å². The van der Waals surface area contributed by atoms with Crippen molar-refractivity contribution in [3.05, 3.63) is 102 Å². The lowest BCUT2D eigenvalue weighted by Crippen LogP contribution is -2.64. The Hall–Kier alpha value is -4.01. The number of anilines is 1. The number of nitrogens with one attached hydrogen (secondary N) is 1. The first-order valence-electron chi connectivity index (χ1n) is 13.9. The van der Waals surface area contributed by atoms with E-state index in [2.05, 4.69) is 28.0 Å². The summed E-state index contributed by atoms with van der Waals surface area (Å²) in [4.78, 5) is 18.6. The summed E-state index contributed by atoms with van der Waals surface area (Å²) in [5.74, 6) is 1.40. The Labute approximate surface area is 237 Å². The van der Waals surface area contributed by atoms with Crippen LogP contribution in [-0.4, -0.2) is 46.3 Å². The number of aromatic nitrogens is 2. The lowest BCUT2D eigenvalue weighted by molar-refractivity contribution is -0.958. The Kier molecular flexibility index (Phi) is 6.57. The Balaban J connectivity index is 1.11. The fourth-order valence-corrected chi connectivity index (χ4v) is 7.28. The first-order valence-corrected chi connectivity index (χ1v) is 14.8. The molecule has 7 nitrogen and oxygen atoms in total. The van der Waals surface area contributed by atoms with Gasteiger partial charge in [-0.25, -0.2) is 4.79 Å². The fourth-order valence-electron chi connectivity index (χ4n) is 6.30. The maximum absolute atomic E-state index is 13.9. The molecule has 8 heteroatoms. The molecule has 2 aromatic heterocycles. The second-order valence-electron chi connectivity index (χ2n) is 11.0. The molecule has 0 radical (unpaired) electrons. The number of para-hydroxylation sites is 1. The SMILES string of the molecule is O=C(O[C@H]1C[N+]2(Cc3noc(-c4ccccc4)n3)CCC1CC2)C(Nc1ccccc1)c1csc2ccccc12. The molecule has 2 bridgehead atoms. The van der Waals surface area contributed by atoms with Gasteiger partial charge in [-0.2, -0.15) is 4.98 Å². The van der Waals surface area contributed by atoms with Gasteiger partial charge < -0.3 is 19.1 Å². The molecule has 8 rings (SSSR count). The number of rotatable bonds is 8. The maximum Gasteiger partial charge on any atom is 0.333 e. The van der Waals surface area contributed by atoms with E-state index in [1.807, 2.05) is 72.8 Å². The Morgan fingerprint density at radius 1 is 1.00 bits per heavy atom. The van der Waals surface area contributed by atoms with Gasteiger partial charge in [0.25, 0.3) is 5.89 Å². The van der Waals surface area contributed by atoms with Crippen LogP contribution in [0, 0.1) is 5.92 Å². The number of hydrogen-bond acceptors (Lipinski definition) is 7. The predicted molar refractivity (Wildman–Crippen MR) is 156 cm³/mol. The number of benzene rings is 3. The van der Waals surface area contributed by atoms with E-state index < -0.39 is 6.04 Å². The number of hydrogen-bond donors (Lipinski definition) is 1. The molecule has 5 heterocycles. The third-order valence-corrected chi connectivity index (χ3v) is 9.40. The molecular formula is C32H31N4O3S+. The number of fused-ring (bicyclic) bond motifs is 4. The smallest absolute Gasteiger partial charge is 0.333 e. The van der Waals surface area contributed by atoms with Gasteiger partial charge in [-0.1, -0.05) is 59.8 Å². The first kappa shape index (κ1) is 25.0. The number of esters is 1. The van der Waals surface area contributed by atoms with Gasteiger partial charge in [0.15, 0.2) is 12.1 Å². The normalized spacial score (nSPS) is 22.7. The monoisotopic (exact) mass is 551 g/mol. The van der Waals surface area contributed by atoms with E-state index in [1.165, 1.54) is 0 Å². The number of carbonyl (C=O) groups is 1. The molecule has 1 N–H and O–H groups in total. The van der Waals surface area contributed by atoms with E-state index in [0.717, 1.165) is 63.9 Å². The standard InChI is InChI=1S/C32H31N4O3S/c37-32(30(33-24-11-5-2-6-12-24)26-21-40-28-14-8-7-13-25(26)28)38-27-19-36(17-15-22(27)16-18-36)20-29-34-31(39-35-29)23-9-3-1-4-10-23/h1-14,21-22,27,30,33H,15-20H2/q+1/t22?,27-,30?,36?/m0/s1. The van der Waals surface area contributed by atoms with Crippen LogP contribution in [0.5, 0.6) is 0 Å². The number of thiophene rings is 1. The molecule has 1 unspecified atom stereocenters. The van der Waals surface area contributed by atoms with Gasteiger partial charge in [-0.15, -0.1) is 11.3 Å². The minimum absolute atomic E-state index is 0.138. The lowest BCUT2D eigenvalue weighted by Gasteiger charge is -2.51. The molecule has 3 aliphatic rings. The van der Waals surface area contributed by atoms with Crippen LogP contribution in [0.2, 0.25) is 0 Å². The molecule has 3 aliphatic heterocycles. The molecular weight excluding hydrogens is 520 g/mol. The number of carbonyl (C=O) groups excluding carboxylic acids is 1. The van der Waals surface area contributed by atoms with Crippen LogP contribution in [0.25, 0.3) is 21.5 Å². The fraction of sp³-hybridized carbons (Fsp3) is 0.281. The van der Waals surface area contributed by atoms with Crippen molar-refractivity contribution in [2.45, 2.75) is 31.5 Å². The Bertz CT molecular complexity index is 1610. The summed E-state index contributed by atoms with van der Waals surface area (Å²) in [5.41, 5.74) is 2.77. The van der Waals surface area contributed by atoms with E-state index in [0.29, 0.717) is 24.2 Å².